The van der Waals surface area contributed by atoms with Gasteiger partial charge in [-0.25, -0.2) is 0 Å². The average molecular weight is 288 g/mol. The monoisotopic (exact) mass is 288 g/mol. The maximum absolute atomic E-state index is 3.42. The van der Waals surface area contributed by atoms with Crippen molar-refractivity contribution in [3.8, 4) is 0 Å². The van der Waals surface area contributed by atoms with Gasteiger partial charge in [-0.2, -0.15) is 0 Å². The third kappa shape index (κ3) is 3.92. The molecule has 0 aliphatic heterocycles. The van der Waals surface area contributed by atoms with Crippen molar-refractivity contribution in [2.75, 3.05) is 13.6 Å². The highest BCUT2D eigenvalue weighted by Crippen LogP contribution is 2.25. The molecule has 0 aliphatic rings. The molecule has 0 amide bonds. The molecule has 0 radical (unpaired) electrons. The summed E-state index contributed by atoms with van der Waals surface area (Å²) >= 11 is 1.83. The van der Waals surface area contributed by atoms with E-state index in [9.17, 15) is 0 Å². The zero-order valence-corrected chi connectivity index (χ0v) is 13.4. The highest BCUT2D eigenvalue weighted by Gasteiger charge is 2.14. The molecular weight excluding hydrogens is 264 g/mol. The van der Waals surface area contributed by atoms with Gasteiger partial charge in [0.2, 0.25) is 0 Å². The van der Waals surface area contributed by atoms with E-state index in [1.165, 1.54) is 16.0 Å². The first-order valence-electron chi connectivity index (χ1n) is 7.23. The third-order valence-corrected chi connectivity index (χ3v) is 4.76. The maximum atomic E-state index is 3.42. The van der Waals surface area contributed by atoms with Crippen LogP contribution in [0.3, 0.4) is 0 Å². The SMILES string of the molecule is CCNCc1ccccc1CN(C)C(C)c1cccs1. The van der Waals surface area contributed by atoms with Crippen molar-refractivity contribution in [1.82, 2.24) is 10.2 Å². The van der Waals surface area contributed by atoms with Gasteiger partial charge in [-0.1, -0.05) is 37.3 Å². The second kappa shape index (κ2) is 7.58. The molecule has 0 saturated carbocycles. The lowest BCUT2D eigenvalue weighted by molar-refractivity contribution is 0.255. The van der Waals surface area contributed by atoms with Crippen LogP contribution in [-0.4, -0.2) is 18.5 Å². The summed E-state index contributed by atoms with van der Waals surface area (Å²) in [6, 6.07) is 13.5. The second-order valence-electron chi connectivity index (χ2n) is 5.16. The Kier molecular flexibility index (Phi) is 5.77. The predicted molar refractivity (Wildman–Crippen MR) is 88.0 cm³/mol. The van der Waals surface area contributed by atoms with Gasteiger partial charge in [0, 0.05) is 24.0 Å². The molecule has 20 heavy (non-hydrogen) atoms. The average Bonchev–Trinajstić information content (AvgIpc) is 2.99. The molecule has 1 atom stereocenters. The molecule has 0 bridgehead atoms. The van der Waals surface area contributed by atoms with E-state index >= 15 is 0 Å². The van der Waals surface area contributed by atoms with Gasteiger partial charge in [0.1, 0.15) is 0 Å². The van der Waals surface area contributed by atoms with Crippen LogP contribution >= 0.6 is 11.3 Å². The second-order valence-corrected chi connectivity index (χ2v) is 6.13. The summed E-state index contributed by atoms with van der Waals surface area (Å²) in [7, 11) is 2.20. The molecule has 1 unspecified atom stereocenters. The van der Waals surface area contributed by atoms with Crippen LogP contribution < -0.4 is 5.32 Å². The molecule has 1 aromatic heterocycles. The van der Waals surface area contributed by atoms with Crippen molar-refractivity contribution >= 4 is 11.3 Å². The number of thiophene rings is 1. The lowest BCUT2D eigenvalue weighted by Gasteiger charge is -2.25. The topological polar surface area (TPSA) is 15.3 Å². The summed E-state index contributed by atoms with van der Waals surface area (Å²) in [6.07, 6.45) is 0. The summed E-state index contributed by atoms with van der Waals surface area (Å²) < 4.78 is 0. The first-order chi connectivity index (χ1) is 9.72. The van der Waals surface area contributed by atoms with Crippen LogP contribution in [-0.2, 0) is 13.1 Å². The lowest BCUT2D eigenvalue weighted by Crippen LogP contribution is -2.23. The van der Waals surface area contributed by atoms with Gasteiger partial charge in [-0.3, -0.25) is 4.90 Å². The Bertz CT molecular complexity index is 507. The van der Waals surface area contributed by atoms with Gasteiger partial charge in [-0.05, 0) is 43.1 Å². The highest BCUT2D eigenvalue weighted by molar-refractivity contribution is 7.10. The summed E-state index contributed by atoms with van der Waals surface area (Å²) in [6.45, 7) is 7.37. The molecular formula is C17H24N2S. The van der Waals surface area contributed by atoms with Crippen LogP contribution in [0.1, 0.15) is 35.9 Å². The quantitative estimate of drug-likeness (QED) is 0.827. The summed E-state index contributed by atoms with van der Waals surface area (Å²) in [5.74, 6) is 0. The van der Waals surface area contributed by atoms with E-state index in [-0.39, 0.29) is 0 Å². The van der Waals surface area contributed by atoms with Gasteiger partial charge >= 0.3 is 0 Å². The van der Waals surface area contributed by atoms with Crippen molar-refractivity contribution in [1.29, 1.82) is 0 Å². The molecule has 0 aliphatic carbocycles. The van der Waals surface area contributed by atoms with Gasteiger partial charge in [0.15, 0.2) is 0 Å². The molecule has 2 nitrogen and oxygen atoms in total. The van der Waals surface area contributed by atoms with Crippen molar-refractivity contribution in [2.24, 2.45) is 0 Å². The van der Waals surface area contributed by atoms with Crippen LogP contribution in [0.4, 0.5) is 0 Å². The Morgan fingerprint density at radius 3 is 2.55 bits per heavy atom. The zero-order chi connectivity index (χ0) is 14.4. The Hall–Kier alpha value is -1.16. The molecule has 3 heteroatoms. The van der Waals surface area contributed by atoms with E-state index in [2.05, 4.69) is 72.9 Å². The number of nitrogens with one attached hydrogen (secondary N) is 1. The smallest absolute Gasteiger partial charge is 0.0413 e. The molecule has 0 fully saturated rings. The molecule has 1 heterocycles. The molecule has 108 valence electrons. The molecule has 0 spiro atoms. The number of benzene rings is 1. The van der Waals surface area contributed by atoms with Gasteiger partial charge in [-0.15, -0.1) is 11.3 Å². The Morgan fingerprint density at radius 2 is 1.90 bits per heavy atom. The Morgan fingerprint density at radius 1 is 1.15 bits per heavy atom. The molecule has 2 aromatic rings. The standard InChI is InChI=1S/C17H24N2S/c1-4-18-12-15-8-5-6-9-16(15)13-19(3)14(2)17-10-7-11-20-17/h5-11,14,18H,4,12-13H2,1-3H3. The normalized spacial score (nSPS) is 12.8. The van der Waals surface area contributed by atoms with Crippen LogP contribution in [0.5, 0.6) is 0 Å². The summed E-state index contributed by atoms with van der Waals surface area (Å²) in [4.78, 5) is 3.84. The zero-order valence-electron chi connectivity index (χ0n) is 12.6. The Labute approximate surface area is 126 Å². The maximum Gasteiger partial charge on any atom is 0.0413 e. The van der Waals surface area contributed by atoms with Crippen LogP contribution in [0.2, 0.25) is 0 Å². The molecule has 2 rings (SSSR count). The fraction of sp³-hybridized carbons (Fsp3) is 0.412. The molecule has 1 N–H and O–H groups in total. The van der Waals surface area contributed by atoms with Crippen molar-refractivity contribution in [2.45, 2.75) is 33.0 Å². The van der Waals surface area contributed by atoms with Crippen LogP contribution in [0.25, 0.3) is 0 Å². The van der Waals surface area contributed by atoms with Gasteiger partial charge < -0.3 is 5.32 Å². The molecule has 1 aromatic carbocycles. The predicted octanol–water partition coefficient (Wildman–Crippen LogP) is 4.05. The number of nitrogens with zero attached hydrogens (tertiary/aromatic N) is 1. The van der Waals surface area contributed by atoms with E-state index in [0.717, 1.165) is 19.6 Å². The summed E-state index contributed by atoms with van der Waals surface area (Å²) in [5.41, 5.74) is 2.82. The largest absolute Gasteiger partial charge is 0.313 e. The van der Waals surface area contributed by atoms with Crippen molar-refractivity contribution in [3.05, 3.63) is 57.8 Å². The van der Waals surface area contributed by atoms with Crippen molar-refractivity contribution < 1.29 is 0 Å². The minimum Gasteiger partial charge on any atom is -0.313 e. The Balaban J connectivity index is 2.05. The first kappa shape index (κ1) is 15.2. The number of hydrogen-bond acceptors (Lipinski definition) is 3. The van der Waals surface area contributed by atoms with Gasteiger partial charge in [0.25, 0.3) is 0 Å². The van der Waals surface area contributed by atoms with E-state index in [1.54, 1.807) is 0 Å². The van der Waals surface area contributed by atoms with E-state index in [1.807, 2.05) is 11.3 Å². The van der Waals surface area contributed by atoms with Gasteiger partial charge in [0.05, 0.1) is 0 Å². The minimum absolute atomic E-state index is 0.460. The fourth-order valence-electron chi connectivity index (χ4n) is 2.30. The fourth-order valence-corrected chi connectivity index (χ4v) is 3.14. The molecule has 0 saturated heterocycles. The highest BCUT2D eigenvalue weighted by atomic mass is 32.1. The van der Waals surface area contributed by atoms with E-state index in [0.29, 0.717) is 6.04 Å². The van der Waals surface area contributed by atoms with Crippen LogP contribution in [0, 0.1) is 0 Å². The summed E-state index contributed by atoms with van der Waals surface area (Å²) in [5, 5.41) is 5.57. The number of hydrogen-bond donors (Lipinski definition) is 1. The van der Waals surface area contributed by atoms with Crippen LogP contribution in [0.15, 0.2) is 41.8 Å². The number of rotatable bonds is 7. The van der Waals surface area contributed by atoms with E-state index < -0.39 is 0 Å². The third-order valence-electron chi connectivity index (χ3n) is 3.72. The first-order valence-corrected chi connectivity index (χ1v) is 8.11. The van der Waals surface area contributed by atoms with E-state index in [4.69, 9.17) is 0 Å². The lowest BCUT2D eigenvalue weighted by atomic mass is 10.1. The van der Waals surface area contributed by atoms with Crippen molar-refractivity contribution in [3.63, 3.8) is 0 Å². The minimum atomic E-state index is 0.460.